The zero-order valence-corrected chi connectivity index (χ0v) is 10.3. The Bertz CT molecular complexity index is 366. The molecule has 1 aromatic rings. The molecule has 0 aromatic heterocycles. The third-order valence-electron chi connectivity index (χ3n) is 1.71. The zero-order chi connectivity index (χ0) is 12.0. The molecule has 0 saturated heterocycles. The van der Waals surface area contributed by atoms with Gasteiger partial charge in [0.15, 0.2) is 6.61 Å². The Labute approximate surface area is 104 Å². The highest BCUT2D eigenvalue weighted by Gasteiger charge is 2.07. The van der Waals surface area contributed by atoms with Gasteiger partial charge in [-0.25, -0.2) is 4.79 Å². The quantitative estimate of drug-likeness (QED) is 0.764. The summed E-state index contributed by atoms with van der Waals surface area (Å²) in [7, 11) is 0. The van der Waals surface area contributed by atoms with Gasteiger partial charge in [-0.15, -0.1) is 0 Å². The van der Waals surface area contributed by atoms with E-state index >= 15 is 0 Å². The van der Waals surface area contributed by atoms with Crippen molar-refractivity contribution in [2.75, 3.05) is 13.2 Å². The number of halogens is 2. The highest BCUT2D eigenvalue weighted by atomic mass is 35.5. The fourth-order valence-electron chi connectivity index (χ4n) is 0.982. The molecule has 0 N–H and O–H groups in total. The number of hydrogen-bond acceptors (Lipinski definition) is 3. The third kappa shape index (κ3) is 4.29. The van der Waals surface area contributed by atoms with Crippen LogP contribution in [-0.2, 0) is 9.53 Å². The number of carbonyl (C=O) groups excluding carboxylic acids is 1. The van der Waals surface area contributed by atoms with Crippen LogP contribution in [0.3, 0.4) is 0 Å². The first-order valence-electron chi connectivity index (χ1n) is 4.87. The lowest BCUT2D eigenvalue weighted by Gasteiger charge is -2.07. The van der Waals surface area contributed by atoms with Crippen molar-refractivity contribution in [3.63, 3.8) is 0 Å². The molecule has 0 amide bonds. The second-order valence-electron chi connectivity index (χ2n) is 3.08. The van der Waals surface area contributed by atoms with Gasteiger partial charge in [0.05, 0.1) is 11.6 Å². The van der Waals surface area contributed by atoms with Crippen LogP contribution in [0.2, 0.25) is 10.0 Å². The van der Waals surface area contributed by atoms with E-state index in [0.717, 1.165) is 6.42 Å². The maximum atomic E-state index is 11.1. The predicted octanol–water partition coefficient (Wildman–Crippen LogP) is 3.33. The molecule has 0 bridgehead atoms. The number of rotatable bonds is 5. The fraction of sp³-hybridized carbons (Fsp3) is 0.364. The molecular weight excluding hydrogens is 251 g/mol. The van der Waals surface area contributed by atoms with Gasteiger partial charge in [0, 0.05) is 11.1 Å². The molecule has 0 heterocycles. The first-order valence-corrected chi connectivity index (χ1v) is 5.62. The predicted molar refractivity (Wildman–Crippen MR) is 63.2 cm³/mol. The summed E-state index contributed by atoms with van der Waals surface area (Å²) in [5.41, 5.74) is 0. The normalized spacial score (nSPS) is 9.94. The molecule has 0 aliphatic heterocycles. The van der Waals surface area contributed by atoms with Crippen molar-refractivity contribution >= 4 is 29.2 Å². The SMILES string of the molecule is CCCOC(=O)COc1cc(Cl)ccc1Cl. The first-order chi connectivity index (χ1) is 7.63. The Balaban J connectivity index is 2.47. The molecule has 0 spiro atoms. The average molecular weight is 263 g/mol. The monoisotopic (exact) mass is 262 g/mol. The topological polar surface area (TPSA) is 35.5 Å². The molecule has 5 heteroatoms. The largest absolute Gasteiger partial charge is 0.480 e. The molecule has 1 aromatic carbocycles. The highest BCUT2D eigenvalue weighted by molar-refractivity contribution is 6.34. The van der Waals surface area contributed by atoms with Gasteiger partial charge in [0.25, 0.3) is 0 Å². The number of hydrogen-bond donors (Lipinski definition) is 0. The van der Waals surface area contributed by atoms with Crippen LogP contribution in [-0.4, -0.2) is 19.2 Å². The van der Waals surface area contributed by atoms with E-state index in [4.69, 9.17) is 32.7 Å². The summed E-state index contributed by atoms with van der Waals surface area (Å²) in [5, 5.41) is 0.911. The number of ether oxygens (including phenoxy) is 2. The lowest BCUT2D eigenvalue weighted by Crippen LogP contribution is -2.15. The Morgan fingerprint density at radius 1 is 1.38 bits per heavy atom. The van der Waals surface area contributed by atoms with Crippen molar-refractivity contribution in [2.45, 2.75) is 13.3 Å². The van der Waals surface area contributed by atoms with Crippen LogP contribution >= 0.6 is 23.2 Å². The second-order valence-corrected chi connectivity index (χ2v) is 3.93. The molecule has 0 unspecified atom stereocenters. The van der Waals surface area contributed by atoms with Gasteiger partial charge in [0.1, 0.15) is 5.75 Å². The Morgan fingerprint density at radius 3 is 2.81 bits per heavy atom. The molecule has 1 rings (SSSR count). The molecule has 0 radical (unpaired) electrons. The van der Waals surface area contributed by atoms with Crippen LogP contribution in [0.4, 0.5) is 0 Å². The average Bonchev–Trinajstić information content (AvgIpc) is 2.27. The van der Waals surface area contributed by atoms with E-state index in [1.54, 1.807) is 18.2 Å². The smallest absolute Gasteiger partial charge is 0.344 e. The van der Waals surface area contributed by atoms with Crippen molar-refractivity contribution in [3.8, 4) is 5.75 Å². The molecule has 0 aliphatic rings. The molecule has 0 fully saturated rings. The Kier molecular flexibility index (Phi) is 5.43. The molecule has 0 atom stereocenters. The summed E-state index contributed by atoms with van der Waals surface area (Å²) in [6.07, 6.45) is 0.781. The van der Waals surface area contributed by atoms with E-state index in [-0.39, 0.29) is 6.61 Å². The van der Waals surface area contributed by atoms with Gasteiger partial charge < -0.3 is 9.47 Å². The maximum Gasteiger partial charge on any atom is 0.344 e. The van der Waals surface area contributed by atoms with E-state index in [1.165, 1.54) is 0 Å². The highest BCUT2D eigenvalue weighted by Crippen LogP contribution is 2.27. The van der Waals surface area contributed by atoms with Crippen molar-refractivity contribution in [1.82, 2.24) is 0 Å². The minimum Gasteiger partial charge on any atom is -0.480 e. The van der Waals surface area contributed by atoms with Crippen LogP contribution in [0.15, 0.2) is 18.2 Å². The van der Waals surface area contributed by atoms with Gasteiger partial charge in [-0.1, -0.05) is 30.1 Å². The fourth-order valence-corrected chi connectivity index (χ4v) is 1.32. The molecule has 3 nitrogen and oxygen atoms in total. The molecule has 0 saturated carbocycles. The minimum atomic E-state index is -0.419. The van der Waals surface area contributed by atoms with Crippen molar-refractivity contribution in [3.05, 3.63) is 28.2 Å². The maximum absolute atomic E-state index is 11.1. The van der Waals surface area contributed by atoms with Gasteiger partial charge in [-0.05, 0) is 18.6 Å². The third-order valence-corrected chi connectivity index (χ3v) is 2.25. The van der Waals surface area contributed by atoms with Crippen molar-refractivity contribution in [1.29, 1.82) is 0 Å². The van der Waals surface area contributed by atoms with E-state index in [1.807, 2.05) is 6.92 Å². The van der Waals surface area contributed by atoms with Crippen LogP contribution in [0.5, 0.6) is 5.75 Å². The zero-order valence-electron chi connectivity index (χ0n) is 8.83. The lowest BCUT2D eigenvalue weighted by molar-refractivity contribution is -0.146. The number of benzene rings is 1. The minimum absolute atomic E-state index is 0.167. The summed E-state index contributed by atoms with van der Waals surface area (Å²) in [4.78, 5) is 11.1. The second kappa shape index (κ2) is 6.61. The van der Waals surface area contributed by atoms with Gasteiger partial charge in [-0.3, -0.25) is 0 Å². The van der Waals surface area contributed by atoms with E-state index in [2.05, 4.69) is 0 Å². The van der Waals surface area contributed by atoms with Crippen LogP contribution in [0.25, 0.3) is 0 Å². The van der Waals surface area contributed by atoms with Gasteiger partial charge in [-0.2, -0.15) is 0 Å². The Morgan fingerprint density at radius 2 is 2.12 bits per heavy atom. The molecule has 16 heavy (non-hydrogen) atoms. The van der Waals surface area contributed by atoms with E-state index in [0.29, 0.717) is 22.4 Å². The lowest BCUT2D eigenvalue weighted by atomic mass is 10.3. The van der Waals surface area contributed by atoms with Crippen LogP contribution in [0.1, 0.15) is 13.3 Å². The van der Waals surface area contributed by atoms with Gasteiger partial charge >= 0.3 is 5.97 Å². The van der Waals surface area contributed by atoms with Crippen molar-refractivity contribution in [2.24, 2.45) is 0 Å². The van der Waals surface area contributed by atoms with Crippen molar-refractivity contribution < 1.29 is 14.3 Å². The van der Waals surface area contributed by atoms with E-state index in [9.17, 15) is 4.79 Å². The molecule has 88 valence electrons. The summed E-state index contributed by atoms with van der Waals surface area (Å²) >= 11 is 11.6. The summed E-state index contributed by atoms with van der Waals surface area (Å²) in [5.74, 6) is -0.0412. The van der Waals surface area contributed by atoms with Crippen LogP contribution < -0.4 is 4.74 Å². The Hall–Kier alpha value is -0.930. The van der Waals surface area contributed by atoms with Crippen LogP contribution in [0, 0.1) is 0 Å². The number of carbonyl (C=O) groups is 1. The standard InChI is InChI=1S/C11H12Cl2O3/c1-2-5-15-11(14)7-16-10-6-8(12)3-4-9(10)13/h3-4,6H,2,5,7H2,1H3. The summed E-state index contributed by atoms with van der Waals surface area (Å²) in [6, 6.07) is 4.81. The van der Waals surface area contributed by atoms with Gasteiger partial charge in [0.2, 0.25) is 0 Å². The molecular formula is C11H12Cl2O3. The van der Waals surface area contributed by atoms with E-state index < -0.39 is 5.97 Å². The first kappa shape index (κ1) is 13.1. The molecule has 0 aliphatic carbocycles. The summed E-state index contributed by atoms with van der Waals surface area (Å²) in [6.45, 7) is 2.15. The summed E-state index contributed by atoms with van der Waals surface area (Å²) < 4.78 is 10.0. The number of esters is 1.